The van der Waals surface area contributed by atoms with Crippen LogP contribution in [0.5, 0.6) is 0 Å². The Bertz CT molecular complexity index is 1110. The number of hydrogen-bond acceptors (Lipinski definition) is 9. The highest BCUT2D eigenvalue weighted by Crippen LogP contribution is 2.36. The van der Waals surface area contributed by atoms with Crippen LogP contribution in [0.4, 0.5) is 0 Å². The number of aryl methyl sites for hydroxylation is 1. The van der Waals surface area contributed by atoms with Gasteiger partial charge in [0.2, 0.25) is 5.28 Å². The van der Waals surface area contributed by atoms with Crippen LogP contribution in [0.2, 0.25) is 5.28 Å². The number of rotatable bonds is 6. The van der Waals surface area contributed by atoms with E-state index in [2.05, 4.69) is 15.1 Å². The summed E-state index contributed by atoms with van der Waals surface area (Å²) in [4.78, 5) is 26.1. The van der Waals surface area contributed by atoms with Crippen molar-refractivity contribution in [1.82, 2.24) is 19.7 Å². The minimum Gasteiger partial charge on any atom is -0.460 e. The maximum absolute atomic E-state index is 10.9. The van der Waals surface area contributed by atoms with Crippen molar-refractivity contribution < 1.29 is 38.5 Å². The average Bonchev–Trinajstić information content (AvgIpc) is 3.34. The second-order valence-corrected chi connectivity index (χ2v) is 8.71. The number of fused-ring (bicyclic) bond motifs is 1. The van der Waals surface area contributed by atoms with Gasteiger partial charge in [-0.2, -0.15) is 10.1 Å². The summed E-state index contributed by atoms with van der Waals surface area (Å²) in [6.45, 7) is 1.44. The van der Waals surface area contributed by atoms with Crippen molar-refractivity contribution in [1.29, 1.82) is 0 Å². The lowest BCUT2D eigenvalue weighted by atomic mass is 10.1. The fraction of sp³-hybridized carbons (Fsp3) is 0.438. The monoisotopic (exact) mass is 460 g/mol. The normalized spacial score (nSPS) is 24.7. The smallest absolute Gasteiger partial charge is 0.350 e. The largest absolute Gasteiger partial charge is 0.460 e. The summed E-state index contributed by atoms with van der Waals surface area (Å²) >= 11 is 6.07. The van der Waals surface area contributed by atoms with Gasteiger partial charge in [-0.25, -0.2) is 9.67 Å². The van der Waals surface area contributed by atoms with Crippen molar-refractivity contribution in [3.63, 3.8) is 0 Å². The molecule has 0 spiro atoms. The Hall–Kier alpha value is -1.89. The summed E-state index contributed by atoms with van der Waals surface area (Å²) in [5.41, 5.74) is 0.644. The molecule has 0 aliphatic carbocycles. The first-order chi connectivity index (χ1) is 14.1. The first kappa shape index (κ1) is 21.3. The van der Waals surface area contributed by atoms with Crippen molar-refractivity contribution >= 4 is 30.2 Å². The van der Waals surface area contributed by atoms with E-state index in [0.717, 1.165) is 0 Å². The molecule has 1 aliphatic heterocycles. The third kappa shape index (κ3) is 4.13. The summed E-state index contributed by atoms with van der Waals surface area (Å²) in [7, 11) is -4.37. The van der Waals surface area contributed by atoms with Gasteiger partial charge in [-0.15, -0.1) is 0 Å². The molecular weight excluding hydrogens is 443 g/mol. The van der Waals surface area contributed by atoms with Crippen LogP contribution in [-0.2, 0) is 14.0 Å². The summed E-state index contributed by atoms with van der Waals surface area (Å²) in [5, 5.41) is 25.3. The minimum atomic E-state index is -4.37. The molecule has 0 unspecified atom stereocenters. The molecule has 162 valence electrons. The minimum absolute atomic E-state index is 0.0807. The zero-order valence-corrected chi connectivity index (χ0v) is 17.1. The van der Waals surface area contributed by atoms with Gasteiger partial charge in [-0.3, -0.25) is 4.57 Å². The quantitative estimate of drug-likeness (QED) is 0.303. The molecule has 0 bridgehead atoms. The van der Waals surface area contributed by atoms with E-state index in [9.17, 15) is 14.8 Å². The molecule has 30 heavy (non-hydrogen) atoms. The van der Waals surface area contributed by atoms with Crippen molar-refractivity contribution in [2.24, 2.45) is 0 Å². The van der Waals surface area contributed by atoms with Crippen LogP contribution < -0.4 is 0 Å². The number of ether oxygens (including phenoxy) is 2. The molecule has 0 aromatic carbocycles. The molecule has 1 aliphatic rings. The second-order valence-electron chi connectivity index (χ2n) is 6.79. The Morgan fingerprint density at radius 1 is 1.27 bits per heavy atom. The molecule has 14 heteroatoms. The van der Waals surface area contributed by atoms with E-state index in [-0.39, 0.29) is 17.5 Å². The molecule has 1 fully saturated rings. The van der Waals surface area contributed by atoms with Gasteiger partial charge in [0, 0.05) is 0 Å². The zero-order chi connectivity index (χ0) is 21.6. The van der Waals surface area contributed by atoms with Crippen LogP contribution in [0.15, 0.2) is 22.7 Å². The summed E-state index contributed by atoms with van der Waals surface area (Å²) in [6, 6.07) is 3.49. The number of nitrogens with zero attached hydrogens (tertiary/aromatic N) is 4. The molecule has 0 saturated carbocycles. The predicted octanol–water partition coefficient (Wildman–Crippen LogP) is 0.819. The van der Waals surface area contributed by atoms with Crippen LogP contribution in [0.25, 0.3) is 22.5 Å². The molecular formula is C16H18ClN4O8P. The Morgan fingerprint density at radius 2 is 2.03 bits per heavy atom. The van der Waals surface area contributed by atoms with Crippen molar-refractivity contribution in [2.45, 2.75) is 31.5 Å². The second kappa shape index (κ2) is 7.98. The van der Waals surface area contributed by atoms with Crippen LogP contribution in [-0.4, -0.2) is 71.0 Å². The predicted molar refractivity (Wildman–Crippen MR) is 102 cm³/mol. The van der Waals surface area contributed by atoms with Crippen LogP contribution in [0.1, 0.15) is 12.0 Å². The molecule has 4 N–H and O–H groups in total. The number of aliphatic hydroxyl groups excluding tert-OH is 2. The fourth-order valence-electron chi connectivity index (χ4n) is 3.19. The third-order valence-corrected chi connectivity index (χ3v) is 5.21. The third-order valence-electron chi connectivity index (χ3n) is 4.52. The van der Waals surface area contributed by atoms with Crippen LogP contribution >= 0.6 is 19.2 Å². The number of furan rings is 1. The summed E-state index contributed by atoms with van der Waals surface area (Å²) < 4.78 is 28.3. The molecule has 0 amide bonds. The Morgan fingerprint density at radius 3 is 2.70 bits per heavy atom. The molecule has 1 saturated heterocycles. The molecule has 4 atom stereocenters. The lowest BCUT2D eigenvalue weighted by Gasteiger charge is -2.16. The maximum atomic E-state index is 10.9. The highest BCUT2D eigenvalue weighted by atomic mass is 35.5. The van der Waals surface area contributed by atoms with Crippen molar-refractivity contribution in [3.8, 4) is 11.5 Å². The van der Waals surface area contributed by atoms with Crippen LogP contribution in [0.3, 0.4) is 0 Å². The standard InChI is InChI=1S/C16H18ClN4O8P/c1-7-2-3-9(28-7)11-8-4-18-21(14(8)20-16(17)19-11)15-13(23)12(22)10(29-15)5-27-6-30(24,25)26/h2-4,10,12-13,15,22-23H,5-6H2,1H3,(H2,24,25,26)/t10-,12-,13-,15-/m1/s1. The topological polar surface area (TPSA) is 173 Å². The van der Waals surface area contributed by atoms with Gasteiger partial charge in [-0.05, 0) is 30.7 Å². The number of halogens is 1. The Kier molecular flexibility index (Phi) is 5.68. The summed E-state index contributed by atoms with van der Waals surface area (Å²) in [6.07, 6.45) is -4.34. The van der Waals surface area contributed by atoms with Gasteiger partial charge in [-0.1, -0.05) is 0 Å². The van der Waals surface area contributed by atoms with E-state index >= 15 is 0 Å². The first-order valence-corrected chi connectivity index (χ1v) is 10.9. The molecule has 0 radical (unpaired) electrons. The number of aliphatic hydroxyl groups is 2. The maximum Gasteiger partial charge on any atom is 0.350 e. The van der Waals surface area contributed by atoms with E-state index in [0.29, 0.717) is 22.6 Å². The van der Waals surface area contributed by atoms with E-state index in [4.69, 9.17) is 35.3 Å². The number of aromatic nitrogens is 4. The van der Waals surface area contributed by atoms with Crippen LogP contribution in [0, 0.1) is 6.92 Å². The van der Waals surface area contributed by atoms with Gasteiger partial charge in [0.25, 0.3) is 0 Å². The molecule has 4 heterocycles. The van der Waals surface area contributed by atoms with Crippen molar-refractivity contribution in [3.05, 3.63) is 29.4 Å². The SMILES string of the molecule is Cc1ccc(-c2nc(Cl)nc3c2cnn3[C@@H]2O[C@H](COCP(=O)(O)O)[C@@H](O)[C@H]2O)o1. The number of hydrogen-bond donors (Lipinski definition) is 4. The highest BCUT2D eigenvalue weighted by molar-refractivity contribution is 7.51. The Balaban J connectivity index is 1.63. The van der Waals surface area contributed by atoms with Gasteiger partial charge >= 0.3 is 7.60 Å². The molecule has 4 rings (SSSR count). The molecule has 12 nitrogen and oxygen atoms in total. The van der Waals surface area contributed by atoms with Gasteiger partial charge in [0.05, 0.1) is 18.2 Å². The molecule has 3 aromatic rings. The van der Waals surface area contributed by atoms with Gasteiger partial charge in [0.1, 0.15) is 36.1 Å². The molecule has 3 aromatic heterocycles. The average molecular weight is 461 g/mol. The lowest BCUT2D eigenvalue weighted by Crippen LogP contribution is -2.34. The van der Waals surface area contributed by atoms with E-state index in [1.165, 1.54) is 10.9 Å². The Labute approximate surface area is 174 Å². The summed E-state index contributed by atoms with van der Waals surface area (Å²) in [5.74, 6) is 1.13. The van der Waals surface area contributed by atoms with Crippen molar-refractivity contribution in [2.75, 3.05) is 13.0 Å². The van der Waals surface area contributed by atoms with E-state index in [1.54, 1.807) is 19.1 Å². The van der Waals surface area contributed by atoms with E-state index in [1.807, 2.05) is 0 Å². The first-order valence-electron chi connectivity index (χ1n) is 8.75. The van der Waals surface area contributed by atoms with Gasteiger partial charge < -0.3 is 33.9 Å². The van der Waals surface area contributed by atoms with E-state index < -0.39 is 38.5 Å². The highest BCUT2D eigenvalue weighted by Gasteiger charge is 2.45. The zero-order valence-electron chi connectivity index (χ0n) is 15.5. The fourth-order valence-corrected chi connectivity index (χ4v) is 3.70. The lowest BCUT2D eigenvalue weighted by molar-refractivity contribution is -0.0658. The van der Waals surface area contributed by atoms with Gasteiger partial charge in [0.15, 0.2) is 17.6 Å².